The molecule has 0 atom stereocenters. The number of allylic oxidation sites excluding steroid dienone is 4. The lowest BCUT2D eigenvalue weighted by atomic mass is 9.97. The molecular weight excluding hydrogens is 398 g/mol. The molecule has 2 aromatic heterocycles. The topological polar surface area (TPSA) is 57.0 Å². The van der Waals surface area contributed by atoms with Crippen LogP contribution in [0.5, 0.6) is 0 Å². The molecule has 0 aromatic carbocycles. The molecule has 1 aliphatic heterocycles. The maximum absolute atomic E-state index is 13.5. The van der Waals surface area contributed by atoms with Gasteiger partial charge in [0.25, 0.3) is 5.56 Å². The molecule has 0 bridgehead atoms. The first-order valence-electron chi connectivity index (χ1n) is 10.3. The van der Waals surface area contributed by atoms with E-state index in [2.05, 4.69) is 9.97 Å². The molecule has 1 saturated heterocycles. The third kappa shape index (κ3) is 5.15. The molecule has 5 nitrogen and oxygen atoms in total. The summed E-state index contributed by atoms with van der Waals surface area (Å²) < 4.78 is 7.22. The highest BCUT2D eigenvalue weighted by Gasteiger charge is 2.19. The smallest absolute Gasteiger partial charge is 0.261 e. The first-order chi connectivity index (χ1) is 14.5. The number of aromatic nitrogens is 3. The van der Waals surface area contributed by atoms with Gasteiger partial charge in [0.05, 0.1) is 17.6 Å². The largest absolute Gasteiger partial charge is 0.381 e. The van der Waals surface area contributed by atoms with Crippen molar-refractivity contribution in [3.8, 4) is 0 Å². The number of halogens is 1. The molecule has 6 heteroatoms. The molecule has 0 saturated carbocycles. The minimum atomic E-state index is -0.0244. The first-order valence-corrected chi connectivity index (χ1v) is 10.7. The van der Waals surface area contributed by atoms with Crippen LogP contribution in [0.4, 0.5) is 0 Å². The van der Waals surface area contributed by atoms with Crippen molar-refractivity contribution in [2.75, 3.05) is 13.2 Å². The second kappa shape index (κ2) is 10.5. The van der Waals surface area contributed by atoms with Crippen LogP contribution in [0.3, 0.4) is 0 Å². The summed E-state index contributed by atoms with van der Waals surface area (Å²) in [6, 6.07) is 3.95. The minimum absolute atomic E-state index is 0.0244. The maximum atomic E-state index is 13.5. The van der Waals surface area contributed by atoms with Gasteiger partial charge in [0.2, 0.25) is 0 Å². The molecule has 158 valence electrons. The molecule has 1 fully saturated rings. The fourth-order valence-electron chi connectivity index (χ4n) is 3.57. The molecule has 0 amide bonds. The highest BCUT2D eigenvalue weighted by atomic mass is 35.5. The Labute approximate surface area is 182 Å². The summed E-state index contributed by atoms with van der Waals surface area (Å²) in [6.07, 6.45) is 13.3. The van der Waals surface area contributed by atoms with Gasteiger partial charge >= 0.3 is 0 Å². The summed E-state index contributed by atoms with van der Waals surface area (Å²) in [5.74, 6) is 0. The molecule has 0 radical (unpaired) electrons. The highest BCUT2D eigenvalue weighted by Crippen LogP contribution is 2.24. The van der Waals surface area contributed by atoms with Gasteiger partial charge in [-0.2, -0.15) is 0 Å². The molecule has 0 aliphatic carbocycles. The van der Waals surface area contributed by atoms with Crippen LogP contribution in [0.2, 0.25) is 5.15 Å². The molecule has 1 aliphatic rings. The number of nitrogens with zero attached hydrogens (tertiary/aromatic N) is 3. The van der Waals surface area contributed by atoms with Crippen molar-refractivity contribution in [3.63, 3.8) is 0 Å². The lowest BCUT2D eigenvalue weighted by Crippen LogP contribution is -2.31. The van der Waals surface area contributed by atoms with E-state index in [9.17, 15) is 4.79 Å². The van der Waals surface area contributed by atoms with E-state index in [4.69, 9.17) is 16.3 Å². The van der Waals surface area contributed by atoms with Crippen molar-refractivity contribution in [2.45, 2.75) is 46.1 Å². The fourth-order valence-corrected chi connectivity index (χ4v) is 3.75. The SMILES string of the molecule is C/C=C/c1ncn(C2CCOCC2)c(=O)c1/C=C(Cc1cccnc1Cl)\C(C)=C\C. The van der Waals surface area contributed by atoms with Gasteiger partial charge in [-0.15, -0.1) is 0 Å². The van der Waals surface area contributed by atoms with Crippen molar-refractivity contribution in [1.82, 2.24) is 14.5 Å². The lowest BCUT2D eigenvalue weighted by molar-refractivity contribution is 0.0683. The van der Waals surface area contributed by atoms with E-state index in [1.807, 2.05) is 57.2 Å². The van der Waals surface area contributed by atoms with E-state index < -0.39 is 0 Å². The average molecular weight is 426 g/mol. The summed E-state index contributed by atoms with van der Waals surface area (Å²) in [5, 5.41) is 0.479. The molecule has 0 unspecified atom stereocenters. The summed E-state index contributed by atoms with van der Waals surface area (Å²) in [6.45, 7) is 7.29. The Morgan fingerprint density at radius 2 is 2.07 bits per heavy atom. The first kappa shape index (κ1) is 22.2. The Morgan fingerprint density at radius 1 is 1.30 bits per heavy atom. The van der Waals surface area contributed by atoms with E-state index in [0.29, 0.717) is 36.0 Å². The standard InChI is InChI=1S/C24H28ClN3O2/c1-4-7-22-21(24(29)28(16-27-22)20-9-12-30-13-10-20)15-19(17(3)5-2)14-18-8-6-11-26-23(18)25/h4-8,11,15-16,20H,9-10,12-14H2,1-3H3/b7-4+,17-5+,19-15-. The second-order valence-electron chi connectivity index (χ2n) is 7.37. The van der Waals surface area contributed by atoms with Crippen molar-refractivity contribution >= 4 is 23.8 Å². The maximum Gasteiger partial charge on any atom is 0.261 e. The van der Waals surface area contributed by atoms with Crippen LogP contribution in [0, 0.1) is 0 Å². The fraction of sp³-hybridized carbons (Fsp3) is 0.375. The minimum Gasteiger partial charge on any atom is -0.381 e. The van der Waals surface area contributed by atoms with Gasteiger partial charge in [-0.05, 0) is 63.0 Å². The number of ether oxygens (including phenoxy) is 1. The van der Waals surface area contributed by atoms with Gasteiger partial charge in [0.1, 0.15) is 5.15 Å². The number of pyridine rings is 1. The predicted molar refractivity (Wildman–Crippen MR) is 123 cm³/mol. The van der Waals surface area contributed by atoms with E-state index >= 15 is 0 Å². The Kier molecular flexibility index (Phi) is 7.77. The lowest BCUT2D eigenvalue weighted by Gasteiger charge is -2.24. The van der Waals surface area contributed by atoms with E-state index in [-0.39, 0.29) is 11.6 Å². The molecule has 0 spiro atoms. The van der Waals surface area contributed by atoms with Crippen LogP contribution >= 0.6 is 11.6 Å². The molecule has 30 heavy (non-hydrogen) atoms. The zero-order valence-corrected chi connectivity index (χ0v) is 18.5. The van der Waals surface area contributed by atoms with Crippen molar-refractivity contribution in [1.29, 1.82) is 0 Å². The van der Waals surface area contributed by atoms with Gasteiger partial charge < -0.3 is 4.74 Å². The Balaban J connectivity index is 2.12. The van der Waals surface area contributed by atoms with E-state index in [1.165, 1.54) is 0 Å². The van der Waals surface area contributed by atoms with Gasteiger partial charge in [0, 0.05) is 31.9 Å². The summed E-state index contributed by atoms with van der Waals surface area (Å²) >= 11 is 6.30. The summed E-state index contributed by atoms with van der Waals surface area (Å²) in [5.41, 5.74) is 4.27. The van der Waals surface area contributed by atoms with E-state index in [0.717, 1.165) is 29.6 Å². The zero-order chi connectivity index (χ0) is 21.5. The van der Waals surface area contributed by atoms with Gasteiger partial charge in [-0.1, -0.05) is 35.4 Å². The highest BCUT2D eigenvalue weighted by molar-refractivity contribution is 6.30. The van der Waals surface area contributed by atoms with Crippen LogP contribution in [-0.4, -0.2) is 27.7 Å². The quantitative estimate of drug-likeness (QED) is 0.467. The third-order valence-electron chi connectivity index (χ3n) is 5.45. The van der Waals surface area contributed by atoms with Crippen LogP contribution in [0.25, 0.3) is 12.2 Å². The van der Waals surface area contributed by atoms with Crippen molar-refractivity contribution in [3.05, 3.63) is 80.3 Å². The zero-order valence-electron chi connectivity index (χ0n) is 17.8. The van der Waals surface area contributed by atoms with Crippen molar-refractivity contribution in [2.24, 2.45) is 0 Å². The Morgan fingerprint density at radius 3 is 2.73 bits per heavy atom. The van der Waals surface area contributed by atoms with Crippen LogP contribution in [0.15, 0.2) is 52.7 Å². The predicted octanol–water partition coefficient (Wildman–Crippen LogP) is 5.27. The molecular formula is C24H28ClN3O2. The number of hydrogen-bond donors (Lipinski definition) is 0. The Hall–Kier alpha value is -2.50. The second-order valence-corrected chi connectivity index (χ2v) is 7.73. The third-order valence-corrected chi connectivity index (χ3v) is 5.79. The average Bonchev–Trinajstić information content (AvgIpc) is 2.77. The van der Waals surface area contributed by atoms with E-state index in [1.54, 1.807) is 17.1 Å². The van der Waals surface area contributed by atoms with Gasteiger partial charge in [-0.3, -0.25) is 9.36 Å². The molecule has 3 rings (SSSR count). The normalized spacial score (nSPS) is 16.4. The Bertz CT molecular complexity index is 1030. The molecule has 0 N–H and O–H groups in total. The number of hydrogen-bond acceptors (Lipinski definition) is 4. The van der Waals surface area contributed by atoms with Crippen molar-refractivity contribution < 1.29 is 4.74 Å². The summed E-state index contributed by atoms with van der Waals surface area (Å²) in [7, 11) is 0. The van der Waals surface area contributed by atoms with Gasteiger partial charge in [0.15, 0.2) is 0 Å². The van der Waals surface area contributed by atoms with Crippen LogP contribution < -0.4 is 5.56 Å². The monoisotopic (exact) mass is 425 g/mol. The van der Waals surface area contributed by atoms with Crippen LogP contribution in [0.1, 0.15) is 56.5 Å². The van der Waals surface area contributed by atoms with Gasteiger partial charge in [-0.25, -0.2) is 9.97 Å². The molecule has 3 heterocycles. The number of rotatable bonds is 6. The summed E-state index contributed by atoms with van der Waals surface area (Å²) in [4.78, 5) is 22.3. The van der Waals surface area contributed by atoms with Crippen LogP contribution in [-0.2, 0) is 11.2 Å². The molecule has 2 aromatic rings.